The molecule has 2 unspecified atom stereocenters. The maximum Gasteiger partial charge on any atom is 0.0672 e. The molecule has 0 radical (unpaired) electrons. The molecule has 2 atom stereocenters. The van der Waals surface area contributed by atoms with Crippen LogP contribution in [0.25, 0.3) is 22.1 Å². The Balaban J connectivity index is 1.49. The standard InChI is InChI=1S/C28H27AsINO7S/c1-15(2)24(28(33)34)29-39(35,36)20-11-7-18(8-12-20)17-5-9-19(10-6-17)31-27(32)25-16(3)23-22(38-25)14-13-21(30)26(23)37-4/h5-15,24,29H,1-4H3,(H,31,32)(H,33,34). The van der Waals surface area contributed by atoms with Gasteiger partial charge in [0.1, 0.15) is 11.3 Å². The molecule has 4 aromatic rings. The van der Waals surface area contributed by atoms with E-state index in [0.717, 1.165) is 20.1 Å². The topological polar surface area (TPSA) is 123 Å². The number of anilines is 1. The molecule has 11 heteroatoms. The second-order valence-electron chi connectivity index (χ2n) is 9.25. The Labute approximate surface area is 245 Å². The molecule has 2 N–H and O–H groups in total. The number of nitrogens with one attached hydrogen (secondary N) is 1. The number of hydrogen-bond donors (Lipinski definition) is 2. The number of carbonyl (C=O) groups is 2. The van der Waals surface area contributed by atoms with Crippen molar-refractivity contribution >= 4 is 73.8 Å². The molecule has 0 aliphatic carbocycles. The zero-order valence-corrected chi connectivity index (χ0v) is 26.7. The molecule has 204 valence electrons. The molecule has 0 aliphatic rings. The van der Waals surface area contributed by atoms with Crippen LogP contribution in [-0.4, -0.2) is 47.1 Å². The molecular formula is C28H27AsINO7S. The summed E-state index contributed by atoms with van der Waals surface area (Å²) >= 11 is 0.372. The molecule has 0 spiro atoms. The van der Waals surface area contributed by atoms with E-state index in [9.17, 15) is 23.1 Å². The van der Waals surface area contributed by atoms with Crippen LogP contribution in [0.15, 0.2) is 70.0 Å². The van der Waals surface area contributed by atoms with E-state index < -0.39 is 33.4 Å². The van der Waals surface area contributed by atoms with Gasteiger partial charge >= 0.3 is 163 Å². The predicted molar refractivity (Wildman–Crippen MR) is 161 cm³/mol. The Bertz CT molecular complexity index is 1650. The van der Waals surface area contributed by atoms with Gasteiger partial charge in [-0.25, -0.2) is 0 Å². The number of rotatable bonds is 9. The van der Waals surface area contributed by atoms with Crippen LogP contribution in [0.4, 0.5) is 5.69 Å². The third kappa shape index (κ3) is 6.18. The van der Waals surface area contributed by atoms with Crippen LogP contribution in [0.3, 0.4) is 0 Å². The van der Waals surface area contributed by atoms with Gasteiger partial charge in [-0.05, 0) is 41.6 Å². The molecular weight excluding hydrogens is 696 g/mol. The van der Waals surface area contributed by atoms with Crippen LogP contribution in [0.5, 0.6) is 5.75 Å². The largest absolute Gasteiger partial charge is 0.0672 e. The first kappa shape index (κ1) is 29.2. The first-order valence-corrected chi connectivity index (χ1v) is 18.3. The van der Waals surface area contributed by atoms with E-state index in [0.29, 0.717) is 22.6 Å². The summed E-state index contributed by atoms with van der Waals surface area (Å²) in [7, 11) is -2.05. The maximum atomic E-state index is 13.0. The average Bonchev–Trinajstić information content (AvgIpc) is 3.24. The average molecular weight is 723 g/mol. The summed E-state index contributed by atoms with van der Waals surface area (Å²) in [5.74, 6) is -0.828. The number of furan rings is 1. The number of benzene rings is 3. The quantitative estimate of drug-likeness (QED) is 0.162. The zero-order chi connectivity index (χ0) is 28.5. The Kier molecular flexibility index (Phi) is 8.78. The first-order valence-electron chi connectivity index (χ1n) is 12.0. The van der Waals surface area contributed by atoms with Crippen molar-refractivity contribution in [1.82, 2.24) is 0 Å². The number of aliphatic carboxylic acids is 1. The number of amides is 1. The van der Waals surface area contributed by atoms with Crippen molar-refractivity contribution in [1.29, 1.82) is 0 Å². The molecule has 4 rings (SSSR count). The summed E-state index contributed by atoms with van der Waals surface area (Å²) < 4.78 is 37.1. The molecule has 8 nitrogen and oxygen atoms in total. The molecule has 1 heterocycles. The van der Waals surface area contributed by atoms with Gasteiger partial charge in [0.2, 0.25) is 0 Å². The van der Waals surface area contributed by atoms with Crippen LogP contribution < -0.4 is 10.1 Å². The van der Waals surface area contributed by atoms with Crippen molar-refractivity contribution in [3.05, 3.63) is 75.6 Å². The summed E-state index contributed by atoms with van der Waals surface area (Å²) in [5.41, 5.74) is 3.46. The Morgan fingerprint density at radius 1 is 1.00 bits per heavy atom. The Morgan fingerprint density at radius 2 is 1.59 bits per heavy atom. The van der Waals surface area contributed by atoms with Gasteiger partial charge in [-0.15, -0.1) is 0 Å². The maximum absolute atomic E-state index is 13.0. The van der Waals surface area contributed by atoms with Crippen molar-refractivity contribution < 1.29 is 32.3 Å². The van der Waals surface area contributed by atoms with E-state index in [1.165, 1.54) is 12.1 Å². The summed E-state index contributed by atoms with van der Waals surface area (Å²) in [6.07, 6.45) is 0. The van der Waals surface area contributed by atoms with Crippen molar-refractivity contribution in [2.45, 2.75) is 30.4 Å². The van der Waals surface area contributed by atoms with Gasteiger partial charge in [0.15, 0.2) is 0 Å². The van der Waals surface area contributed by atoms with E-state index in [1.807, 2.05) is 31.2 Å². The monoisotopic (exact) mass is 723 g/mol. The van der Waals surface area contributed by atoms with E-state index in [1.54, 1.807) is 45.2 Å². The van der Waals surface area contributed by atoms with Crippen molar-refractivity contribution in [2.75, 3.05) is 12.4 Å². The van der Waals surface area contributed by atoms with Crippen LogP contribution in [0, 0.1) is 16.4 Å². The smallest absolute Gasteiger partial charge is 0.0350 e. The molecule has 3 aromatic carbocycles. The predicted octanol–water partition coefficient (Wildman–Crippen LogP) is 5.93. The summed E-state index contributed by atoms with van der Waals surface area (Å²) in [5, 5.41) is 13.0. The van der Waals surface area contributed by atoms with Gasteiger partial charge < -0.3 is 9.15 Å². The molecule has 0 saturated carbocycles. The van der Waals surface area contributed by atoms with Crippen LogP contribution in [0.2, 0.25) is 4.71 Å². The van der Waals surface area contributed by atoms with Gasteiger partial charge in [0, 0.05) is 5.56 Å². The molecule has 1 aromatic heterocycles. The van der Waals surface area contributed by atoms with Crippen LogP contribution in [0.1, 0.15) is 30.0 Å². The number of halogens is 1. The zero-order valence-electron chi connectivity index (χ0n) is 21.6. The second kappa shape index (κ2) is 11.7. The van der Waals surface area contributed by atoms with Gasteiger partial charge in [-0.2, -0.15) is 0 Å². The number of carbonyl (C=O) groups excluding carboxylic acids is 1. The molecule has 0 aliphatic heterocycles. The van der Waals surface area contributed by atoms with Gasteiger partial charge in [-0.1, -0.05) is 0 Å². The molecule has 39 heavy (non-hydrogen) atoms. The van der Waals surface area contributed by atoms with Crippen molar-refractivity contribution in [3.8, 4) is 16.9 Å². The van der Waals surface area contributed by atoms with E-state index in [2.05, 4.69) is 27.9 Å². The number of aryl methyl sites for hydroxylation is 1. The van der Waals surface area contributed by atoms with E-state index in [4.69, 9.17) is 9.15 Å². The molecule has 0 saturated heterocycles. The summed E-state index contributed by atoms with van der Waals surface area (Å²) in [4.78, 5) is 24.6. The molecule has 1 amide bonds. The summed E-state index contributed by atoms with van der Waals surface area (Å²) in [6, 6.07) is 17.3. The van der Waals surface area contributed by atoms with Crippen molar-refractivity contribution in [2.24, 2.45) is 5.92 Å². The second-order valence-corrected chi connectivity index (χ2v) is 18.3. The number of methoxy groups -OCH3 is 1. The number of fused-ring (bicyclic) bond motifs is 1. The third-order valence-corrected chi connectivity index (χ3v) is 15.5. The van der Waals surface area contributed by atoms with Gasteiger partial charge in [0.25, 0.3) is 0 Å². The normalized spacial score (nSPS) is 12.8. The fraction of sp³-hybridized carbons (Fsp3) is 0.214. The Hall–Kier alpha value is -2.82. The minimum atomic E-state index is -3.64. The number of carboxylic acids is 1. The minimum Gasteiger partial charge on any atom is -0.0350 e. The fourth-order valence-electron chi connectivity index (χ4n) is 4.16. The first-order chi connectivity index (χ1) is 18.4. The number of carboxylic acid groups (broad SMARTS) is 1. The SMILES string of the molecule is COc1c(I)ccc2oc(C(=O)Nc3ccc(-c4ccc(S(=O)(=O)[AsH]C(C(=O)O)C(C)C)cc4)cc3)c(C)c12. The van der Waals surface area contributed by atoms with Gasteiger partial charge in [0.05, 0.1) is 16.1 Å². The number of hydrogen-bond acceptors (Lipinski definition) is 6. The van der Waals surface area contributed by atoms with Gasteiger partial charge in [-0.3, -0.25) is 0 Å². The third-order valence-electron chi connectivity index (χ3n) is 6.26. The van der Waals surface area contributed by atoms with Crippen LogP contribution >= 0.6 is 22.6 Å². The van der Waals surface area contributed by atoms with E-state index >= 15 is 0 Å². The van der Waals surface area contributed by atoms with Crippen LogP contribution in [-0.2, 0) is 12.9 Å². The van der Waals surface area contributed by atoms with Crippen molar-refractivity contribution in [3.63, 3.8) is 0 Å². The minimum absolute atomic E-state index is 0.134. The summed E-state index contributed by atoms with van der Waals surface area (Å²) in [6.45, 7) is 5.27. The fourth-order valence-corrected chi connectivity index (χ4v) is 12.3. The molecule has 0 fully saturated rings. The molecule has 0 bridgehead atoms. The Morgan fingerprint density at radius 3 is 2.13 bits per heavy atom. The number of ether oxygens (including phenoxy) is 1. The van der Waals surface area contributed by atoms with E-state index in [-0.39, 0.29) is 22.5 Å².